The second-order valence-corrected chi connectivity index (χ2v) is 8.13. The first-order valence-electron chi connectivity index (χ1n) is 10.6. The Hall–Kier alpha value is -2.67. The molecule has 0 saturated carbocycles. The van der Waals surface area contributed by atoms with Gasteiger partial charge in [-0.2, -0.15) is 5.10 Å². The number of piperazine rings is 1. The summed E-state index contributed by atoms with van der Waals surface area (Å²) >= 11 is 5.94. The number of hydrogen-bond acceptors (Lipinski definition) is 4. The Labute approximate surface area is 188 Å². The maximum absolute atomic E-state index is 12.4. The fraction of sp³-hybridized carbons (Fsp3) is 0.333. The van der Waals surface area contributed by atoms with Gasteiger partial charge >= 0.3 is 0 Å². The first-order chi connectivity index (χ1) is 15.2. The number of aromatic nitrogens is 2. The van der Waals surface area contributed by atoms with Gasteiger partial charge in [0.25, 0.3) is 0 Å². The number of carbonyl (C=O) groups excluding carboxylic acids is 1. The molecule has 6 nitrogen and oxygen atoms in total. The monoisotopic (exact) mass is 438 g/mol. The lowest BCUT2D eigenvalue weighted by atomic mass is 10.1. The van der Waals surface area contributed by atoms with Crippen molar-refractivity contribution in [2.45, 2.75) is 13.1 Å². The van der Waals surface area contributed by atoms with E-state index >= 15 is 0 Å². The topological polar surface area (TPSA) is 50.6 Å². The summed E-state index contributed by atoms with van der Waals surface area (Å²) in [5.41, 5.74) is 3.41. The molecule has 0 unspecified atom stereocenters. The molecule has 0 aliphatic carbocycles. The zero-order valence-electron chi connectivity index (χ0n) is 17.5. The van der Waals surface area contributed by atoms with Gasteiger partial charge in [-0.1, -0.05) is 54.1 Å². The van der Waals surface area contributed by atoms with Crippen LogP contribution in [0.2, 0.25) is 5.02 Å². The molecule has 0 N–H and O–H groups in total. The highest BCUT2D eigenvalue weighted by Gasteiger charge is 2.21. The molecule has 0 atom stereocenters. The van der Waals surface area contributed by atoms with Crippen molar-refractivity contribution in [3.63, 3.8) is 0 Å². The average molecular weight is 439 g/mol. The molecule has 0 bridgehead atoms. The summed E-state index contributed by atoms with van der Waals surface area (Å²) in [6, 6.07) is 18.1. The van der Waals surface area contributed by atoms with Crippen LogP contribution in [0.1, 0.15) is 5.56 Å². The highest BCUT2D eigenvalue weighted by atomic mass is 35.5. The lowest BCUT2D eigenvalue weighted by Crippen LogP contribution is -2.49. The Morgan fingerprint density at radius 3 is 2.45 bits per heavy atom. The average Bonchev–Trinajstić information content (AvgIpc) is 3.27. The third kappa shape index (κ3) is 6.17. The number of carbonyl (C=O) groups is 1. The van der Waals surface area contributed by atoms with Gasteiger partial charge in [0, 0.05) is 49.5 Å². The third-order valence-corrected chi connectivity index (χ3v) is 5.73. The second kappa shape index (κ2) is 10.6. The van der Waals surface area contributed by atoms with Crippen molar-refractivity contribution in [2.75, 3.05) is 39.4 Å². The molecule has 1 amide bonds. The first kappa shape index (κ1) is 21.6. The van der Waals surface area contributed by atoms with Crippen LogP contribution in [0, 0.1) is 0 Å². The van der Waals surface area contributed by atoms with Crippen LogP contribution in [0.15, 0.2) is 67.0 Å². The molecule has 1 fully saturated rings. The van der Waals surface area contributed by atoms with Crippen molar-refractivity contribution in [1.29, 1.82) is 0 Å². The summed E-state index contributed by atoms with van der Waals surface area (Å²) in [4.78, 5) is 16.7. The van der Waals surface area contributed by atoms with Gasteiger partial charge in [0.2, 0.25) is 5.91 Å². The molecule has 1 aliphatic heterocycles. The largest absolute Gasteiger partial charge is 0.370 e. The van der Waals surface area contributed by atoms with Gasteiger partial charge in [0.15, 0.2) is 0 Å². The number of amides is 1. The standard InChI is InChI=1S/C24H27ClN4O2/c25-23-8-6-21(7-9-23)22-16-26-29(18-22)14-15-31-19-24(30)28-12-10-27(11-13-28)17-20-4-2-1-3-5-20/h1-9,16,18H,10-15,17,19H2. The molecule has 1 saturated heterocycles. The SMILES string of the molecule is O=C(COCCn1cc(-c2ccc(Cl)cc2)cn1)N1CCN(Cc2ccccc2)CC1. The summed E-state index contributed by atoms with van der Waals surface area (Å²) in [5, 5.41) is 5.08. The van der Waals surface area contributed by atoms with Crippen LogP contribution < -0.4 is 0 Å². The van der Waals surface area contributed by atoms with E-state index in [1.165, 1.54) is 5.56 Å². The van der Waals surface area contributed by atoms with Crippen LogP contribution in [0.25, 0.3) is 11.1 Å². The summed E-state index contributed by atoms with van der Waals surface area (Å²) < 4.78 is 7.45. The van der Waals surface area contributed by atoms with Gasteiger partial charge in [-0.25, -0.2) is 0 Å². The zero-order valence-corrected chi connectivity index (χ0v) is 18.2. The Morgan fingerprint density at radius 2 is 1.71 bits per heavy atom. The number of rotatable bonds is 8. The van der Waals surface area contributed by atoms with Crippen LogP contribution in [-0.2, 0) is 22.6 Å². The minimum Gasteiger partial charge on any atom is -0.370 e. The van der Waals surface area contributed by atoms with Crippen molar-refractivity contribution >= 4 is 17.5 Å². The highest BCUT2D eigenvalue weighted by molar-refractivity contribution is 6.30. The molecular formula is C24H27ClN4O2. The fourth-order valence-electron chi connectivity index (χ4n) is 3.68. The van der Waals surface area contributed by atoms with Crippen molar-refractivity contribution in [1.82, 2.24) is 19.6 Å². The Kier molecular flexibility index (Phi) is 7.35. The van der Waals surface area contributed by atoms with Crippen LogP contribution in [0.3, 0.4) is 0 Å². The van der Waals surface area contributed by atoms with E-state index in [9.17, 15) is 4.79 Å². The van der Waals surface area contributed by atoms with Crippen molar-refractivity contribution in [3.05, 3.63) is 77.6 Å². The number of nitrogens with zero attached hydrogens (tertiary/aromatic N) is 4. The molecule has 1 aliphatic rings. The number of hydrogen-bond donors (Lipinski definition) is 0. The zero-order chi connectivity index (χ0) is 21.5. The Bertz CT molecular complexity index is 967. The lowest BCUT2D eigenvalue weighted by Gasteiger charge is -2.34. The van der Waals surface area contributed by atoms with E-state index in [-0.39, 0.29) is 12.5 Å². The van der Waals surface area contributed by atoms with E-state index in [2.05, 4.69) is 34.3 Å². The Balaban J connectivity index is 1.15. The van der Waals surface area contributed by atoms with Gasteiger partial charge in [-0.15, -0.1) is 0 Å². The minimum atomic E-state index is 0.0571. The predicted molar refractivity (Wildman–Crippen MR) is 122 cm³/mol. The van der Waals surface area contributed by atoms with E-state index in [4.69, 9.17) is 16.3 Å². The maximum atomic E-state index is 12.4. The Morgan fingerprint density at radius 1 is 0.968 bits per heavy atom. The molecule has 4 rings (SSSR count). The fourth-order valence-corrected chi connectivity index (χ4v) is 3.81. The molecule has 1 aromatic heterocycles. The summed E-state index contributed by atoms with van der Waals surface area (Å²) in [5.74, 6) is 0.0571. The van der Waals surface area contributed by atoms with Gasteiger partial charge in [-0.3, -0.25) is 14.4 Å². The molecule has 0 spiro atoms. The van der Waals surface area contributed by atoms with Crippen molar-refractivity contribution < 1.29 is 9.53 Å². The van der Waals surface area contributed by atoms with E-state index in [0.717, 1.165) is 43.9 Å². The molecule has 2 aromatic carbocycles. The quantitative estimate of drug-likeness (QED) is 0.504. The molecule has 2 heterocycles. The van der Waals surface area contributed by atoms with Crippen molar-refractivity contribution in [2.24, 2.45) is 0 Å². The van der Waals surface area contributed by atoms with Crippen LogP contribution >= 0.6 is 11.6 Å². The van der Waals surface area contributed by atoms with Crippen LogP contribution in [-0.4, -0.2) is 64.9 Å². The second-order valence-electron chi connectivity index (χ2n) is 7.69. The minimum absolute atomic E-state index is 0.0571. The van der Waals surface area contributed by atoms with Crippen LogP contribution in [0.4, 0.5) is 0 Å². The smallest absolute Gasteiger partial charge is 0.248 e. The van der Waals surface area contributed by atoms with Crippen molar-refractivity contribution in [3.8, 4) is 11.1 Å². The number of ether oxygens (including phenoxy) is 1. The van der Waals surface area contributed by atoms with Gasteiger partial charge in [0.1, 0.15) is 6.61 Å². The van der Waals surface area contributed by atoms with E-state index < -0.39 is 0 Å². The summed E-state index contributed by atoms with van der Waals surface area (Å²) in [7, 11) is 0. The number of halogens is 1. The van der Waals surface area contributed by atoms with Gasteiger partial charge in [-0.05, 0) is 23.3 Å². The molecule has 0 radical (unpaired) electrons. The molecule has 162 valence electrons. The molecule has 31 heavy (non-hydrogen) atoms. The molecule has 7 heteroatoms. The van der Waals surface area contributed by atoms with E-state index in [1.807, 2.05) is 52.3 Å². The predicted octanol–water partition coefficient (Wildman–Crippen LogP) is 3.56. The van der Waals surface area contributed by atoms with Gasteiger partial charge < -0.3 is 9.64 Å². The van der Waals surface area contributed by atoms with Gasteiger partial charge in [0.05, 0.1) is 19.3 Å². The third-order valence-electron chi connectivity index (χ3n) is 5.48. The molecule has 3 aromatic rings. The number of benzene rings is 2. The normalized spacial score (nSPS) is 14.7. The summed E-state index contributed by atoms with van der Waals surface area (Å²) in [6.07, 6.45) is 3.80. The summed E-state index contributed by atoms with van der Waals surface area (Å²) in [6.45, 7) is 5.37. The lowest BCUT2D eigenvalue weighted by molar-refractivity contribution is -0.138. The first-order valence-corrected chi connectivity index (χ1v) is 11.0. The van der Waals surface area contributed by atoms with Crippen LogP contribution in [0.5, 0.6) is 0 Å². The van der Waals surface area contributed by atoms with E-state index in [1.54, 1.807) is 0 Å². The highest BCUT2D eigenvalue weighted by Crippen LogP contribution is 2.20. The maximum Gasteiger partial charge on any atom is 0.248 e. The van der Waals surface area contributed by atoms with E-state index in [0.29, 0.717) is 18.2 Å². The molecular weight excluding hydrogens is 412 g/mol.